The summed E-state index contributed by atoms with van der Waals surface area (Å²) in [6.07, 6.45) is 0. The molecule has 21 heavy (non-hydrogen) atoms. The first kappa shape index (κ1) is 15.8. The minimum Gasteiger partial charge on any atom is -0.397 e. The Morgan fingerprint density at radius 1 is 1.24 bits per heavy atom. The Bertz CT molecular complexity index is 632. The number of carbonyl (C=O) groups excluding carboxylic acids is 1. The van der Waals surface area contributed by atoms with E-state index in [-0.39, 0.29) is 12.5 Å². The third-order valence-electron chi connectivity index (χ3n) is 2.69. The summed E-state index contributed by atoms with van der Waals surface area (Å²) in [6, 6.07) is 12.6. The molecular formula is C15H14BrClN2O2. The molecule has 0 atom stereocenters. The minimum atomic E-state index is -0.242. The number of nitrogens with two attached hydrogens (primary N) is 1. The first-order chi connectivity index (χ1) is 10.0. The molecule has 4 nitrogen and oxygen atoms in total. The summed E-state index contributed by atoms with van der Waals surface area (Å²) >= 11 is 9.17. The number of amides is 1. The monoisotopic (exact) mass is 368 g/mol. The molecule has 0 aliphatic carbocycles. The van der Waals surface area contributed by atoms with Crippen molar-refractivity contribution in [2.24, 2.45) is 0 Å². The maximum Gasteiger partial charge on any atom is 0.250 e. The first-order valence-electron chi connectivity index (χ1n) is 6.21. The van der Waals surface area contributed by atoms with Crippen molar-refractivity contribution in [2.75, 3.05) is 17.7 Å². The van der Waals surface area contributed by atoms with Crippen LogP contribution in [0.25, 0.3) is 0 Å². The highest BCUT2D eigenvalue weighted by atomic mass is 79.9. The van der Waals surface area contributed by atoms with Gasteiger partial charge in [-0.3, -0.25) is 4.79 Å². The van der Waals surface area contributed by atoms with Crippen molar-refractivity contribution in [3.05, 3.63) is 57.5 Å². The van der Waals surface area contributed by atoms with Gasteiger partial charge in [-0.25, -0.2) is 0 Å². The van der Waals surface area contributed by atoms with Crippen LogP contribution in [0.2, 0.25) is 5.02 Å². The van der Waals surface area contributed by atoms with Gasteiger partial charge in [0, 0.05) is 10.2 Å². The molecule has 2 aromatic rings. The van der Waals surface area contributed by atoms with Crippen molar-refractivity contribution in [1.82, 2.24) is 0 Å². The van der Waals surface area contributed by atoms with Gasteiger partial charge in [0.25, 0.3) is 0 Å². The summed E-state index contributed by atoms with van der Waals surface area (Å²) in [7, 11) is 0. The summed E-state index contributed by atoms with van der Waals surface area (Å²) < 4.78 is 6.37. The van der Waals surface area contributed by atoms with E-state index < -0.39 is 0 Å². The van der Waals surface area contributed by atoms with Gasteiger partial charge < -0.3 is 15.8 Å². The summed E-state index contributed by atoms with van der Waals surface area (Å²) in [6.45, 7) is 0.349. The minimum absolute atomic E-state index is 0.0292. The fraction of sp³-hybridized carbons (Fsp3) is 0.133. The molecule has 0 spiro atoms. The molecule has 3 N–H and O–H groups in total. The summed E-state index contributed by atoms with van der Waals surface area (Å²) in [5.41, 5.74) is 7.68. The molecule has 0 fully saturated rings. The first-order valence-corrected chi connectivity index (χ1v) is 7.39. The fourth-order valence-corrected chi connectivity index (χ4v) is 2.04. The number of ether oxygens (including phenoxy) is 1. The Morgan fingerprint density at radius 2 is 1.95 bits per heavy atom. The highest BCUT2D eigenvalue weighted by molar-refractivity contribution is 9.10. The van der Waals surface area contributed by atoms with Crippen LogP contribution in [0, 0.1) is 0 Å². The number of hydrogen-bond donors (Lipinski definition) is 2. The maximum absolute atomic E-state index is 11.7. The van der Waals surface area contributed by atoms with Crippen LogP contribution >= 0.6 is 27.5 Å². The normalized spacial score (nSPS) is 10.4. The van der Waals surface area contributed by atoms with E-state index >= 15 is 0 Å². The quantitative estimate of drug-likeness (QED) is 0.787. The topological polar surface area (TPSA) is 64.3 Å². The third kappa shape index (κ3) is 5.04. The zero-order valence-electron chi connectivity index (χ0n) is 11.1. The predicted molar refractivity (Wildman–Crippen MR) is 88.3 cm³/mol. The number of nitrogen functional groups attached to an aromatic ring is 1. The Morgan fingerprint density at radius 3 is 2.62 bits per heavy atom. The average Bonchev–Trinajstić information content (AvgIpc) is 2.45. The zero-order chi connectivity index (χ0) is 15.2. The van der Waals surface area contributed by atoms with Crippen LogP contribution in [0.4, 0.5) is 11.4 Å². The van der Waals surface area contributed by atoms with Crippen LogP contribution in [-0.4, -0.2) is 12.5 Å². The van der Waals surface area contributed by atoms with Gasteiger partial charge in [-0.05, 0) is 35.9 Å². The molecule has 0 heterocycles. The number of hydrogen-bond acceptors (Lipinski definition) is 3. The number of anilines is 2. The van der Waals surface area contributed by atoms with Crippen molar-refractivity contribution in [2.45, 2.75) is 6.61 Å². The van der Waals surface area contributed by atoms with Crippen LogP contribution in [0.5, 0.6) is 0 Å². The lowest BCUT2D eigenvalue weighted by atomic mass is 10.2. The lowest BCUT2D eigenvalue weighted by molar-refractivity contribution is -0.121. The standard InChI is InChI=1S/C15H14BrClN2O2/c16-11-3-1-10(2-4-11)8-21-9-15(20)19-12-5-6-13(17)14(18)7-12/h1-7H,8-9,18H2,(H,19,20). The highest BCUT2D eigenvalue weighted by Crippen LogP contribution is 2.22. The second-order valence-corrected chi connectivity index (χ2v) is 5.73. The van der Waals surface area contributed by atoms with Crippen LogP contribution in [-0.2, 0) is 16.1 Å². The molecular weight excluding hydrogens is 356 g/mol. The number of benzene rings is 2. The van der Waals surface area contributed by atoms with E-state index in [1.807, 2.05) is 24.3 Å². The Labute approximate surface area is 136 Å². The number of rotatable bonds is 5. The van der Waals surface area contributed by atoms with E-state index in [2.05, 4.69) is 21.2 Å². The molecule has 110 valence electrons. The molecule has 0 aliphatic heterocycles. The Kier molecular flexibility index (Phi) is 5.61. The molecule has 1 amide bonds. The van der Waals surface area contributed by atoms with Crippen LogP contribution in [0.1, 0.15) is 5.56 Å². The summed E-state index contributed by atoms with van der Waals surface area (Å²) in [5.74, 6) is -0.242. The van der Waals surface area contributed by atoms with Gasteiger partial charge in [0.15, 0.2) is 0 Å². The third-order valence-corrected chi connectivity index (χ3v) is 3.57. The van der Waals surface area contributed by atoms with Gasteiger partial charge in [-0.15, -0.1) is 0 Å². The van der Waals surface area contributed by atoms with E-state index in [0.29, 0.717) is 23.0 Å². The largest absolute Gasteiger partial charge is 0.397 e. The van der Waals surface area contributed by atoms with Crippen molar-refractivity contribution < 1.29 is 9.53 Å². The second-order valence-electron chi connectivity index (χ2n) is 4.40. The second kappa shape index (κ2) is 7.45. The molecule has 0 unspecified atom stereocenters. The Hall–Kier alpha value is -1.56. The molecule has 0 radical (unpaired) electrons. The molecule has 0 saturated carbocycles. The van der Waals surface area contributed by atoms with Gasteiger partial charge in [-0.1, -0.05) is 39.7 Å². The maximum atomic E-state index is 11.7. The van der Waals surface area contributed by atoms with Gasteiger partial charge in [0.2, 0.25) is 5.91 Å². The summed E-state index contributed by atoms with van der Waals surface area (Å²) in [5, 5.41) is 3.15. The predicted octanol–water partition coefficient (Wildman–Crippen LogP) is 3.84. The fourth-order valence-electron chi connectivity index (χ4n) is 1.66. The summed E-state index contributed by atoms with van der Waals surface area (Å²) in [4.78, 5) is 11.7. The van der Waals surface area contributed by atoms with Crippen molar-refractivity contribution in [3.63, 3.8) is 0 Å². The number of nitrogens with one attached hydrogen (secondary N) is 1. The molecule has 0 bridgehead atoms. The zero-order valence-corrected chi connectivity index (χ0v) is 13.4. The van der Waals surface area contributed by atoms with Crippen LogP contribution in [0.15, 0.2) is 46.9 Å². The SMILES string of the molecule is Nc1cc(NC(=O)COCc2ccc(Br)cc2)ccc1Cl. The number of carbonyl (C=O) groups is 1. The van der Waals surface area contributed by atoms with Gasteiger partial charge in [0.05, 0.1) is 17.3 Å². The van der Waals surface area contributed by atoms with E-state index in [4.69, 9.17) is 22.1 Å². The highest BCUT2D eigenvalue weighted by Gasteiger charge is 2.04. The molecule has 0 aromatic heterocycles. The Balaban J connectivity index is 1.79. The van der Waals surface area contributed by atoms with Crippen LogP contribution in [0.3, 0.4) is 0 Å². The van der Waals surface area contributed by atoms with Gasteiger partial charge in [-0.2, -0.15) is 0 Å². The molecule has 6 heteroatoms. The van der Waals surface area contributed by atoms with Crippen molar-refractivity contribution in [3.8, 4) is 0 Å². The number of halogens is 2. The smallest absolute Gasteiger partial charge is 0.250 e. The molecule has 0 saturated heterocycles. The molecule has 2 aromatic carbocycles. The molecule has 2 rings (SSSR count). The lowest BCUT2D eigenvalue weighted by Gasteiger charge is -2.08. The van der Waals surface area contributed by atoms with E-state index in [9.17, 15) is 4.79 Å². The van der Waals surface area contributed by atoms with Crippen molar-refractivity contribution >= 4 is 44.8 Å². The molecule has 0 aliphatic rings. The lowest BCUT2D eigenvalue weighted by Crippen LogP contribution is -2.18. The van der Waals surface area contributed by atoms with Crippen molar-refractivity contribution in [1.29, 1.82) is 0 Å². The van der Waals surface area contributed by atoms with Crippen LogP contribution < -0.4 is 11.1 Å². The van der Waals surface area contributed by atoms with E-state index in [1.165, 1.54) is 0 Å². The van der Waals surface area contributed by atoms with E-state index in [1.54, 1.807) is 18.2 Å². The van der Waals surface area contributed by atoms with E-state index in [0.717, 1.165) is 10.0 Å². The average molecular weight is 370 g/mol. The van der Waals surface area contributed by atoms with Gasteiger partial charge in [0.1, 0.15) is 6.61 Å². The van der Waals surface area contributed by atoms with Gasteiger partial charge >= 0.3 is 0 Å².